The van der Waals surface area contributed by atoms with Crippen molar-refractivity contribution in [2.75, 3.05) is 0 Å². The van der Waals surface area contributed by atoms with Crippen molar-refractivity contribution in [1.82, 2.24) is 5.32 Å². The number of nitrogens with one attached hydrogen (secondary N) is 1. The van der Waals surface area contributed by atoms with Crippen LogP contribution in [0, 0.1) is 0 Å². The third-order valence-electron chi connectivity index (χ3n) is 2.97. The molecule has 0 spiro atoms. The molecule has 1 amide bonds. The zero-order valence-electron chi connectivity index (χ0n) is 11.5. The van der Waals surface area contributed by atoms with Crippen molar-refractivity contribution in [3.05, 3.63) is 68.0 Å². The van der Waals surface area contributed by atoms with Crippen LogP contribution in [0.3, 0.4) is 0 Å². The summed E-state index contributed by atoms with van der Waals surface area (Å²) in [6, 6.07) is 12.4. The Balaban J connectivity index is 1.86. The molecule has 0 radical (unpaired) electrons. The summed E-state index contributed by atoms with van der Waals surface area (Å²) >= 11 is 19.2. The third-order valence-corrected chi connectivity index (χ3v) is 4.94. The molecule has 2 aromatic carbocycles. The van der Waals surface area contributed by atoms with Gasteiger partial charge in [0.2, 0.25) is 0 Å². The Bertz CT molecular complexity index is 832. The Kier molecular flexibility index (Phi) is 4.97. The van der Waals surface area contributed by atoms with Crippen molar-refractivity contribution in [3.63, 3.8) is 0 Å². The van der Waals surface area contributed by atoms with Crippen LogP contribution in [-0.2, 0) is 4.79 Å². The summed E-state index contributed by atoms with van der Waals surface area (Å²) in [5, 5.41) is 4.58. The fourth-order valence-corrected chi connectivity index (χ4v) is 3.18. The minimum absolute atomic E-state index is 0.207. The van der Waals surface area contributed by atoms with E-state index in [2.05, 4.69) is 10.3 Å². The van der Waals surface area contributed by atoms with E-state index >= 15 is 0 Å². The predicted molar refractivity (Wildman–Crippen MR) is 98.7 cm³/mol. The predicted octanol–water partition coefficient (Wildman–Crippen LogP) is 5.54. The largest absolute Gasteiger partial charge is 0.300 e. The van der Waals surface area contributed by atoms with Gasteiger partial charge in [0.05, 0.1) is 20.6 Å². The molecule has 1 N–H and O–H groups in total. The second-order valence-corrected chi connectivity index (χ2v) is 6.86. The summed E-state index contributed by atoms with van der Waals surface area (Å²) in [6.07, 6.45) is 1.78. The molecular formula is C16H9Cl3N2OS. The highest BCUT2D eigenvalue weighted by Crippen LogP contribution is 2.34. The normalized spacial score (nSPS) is 17.8. The minimum atomic E-state index is -0.207. The third kappa shape index (κ3) is 3.90. The van der Waals surface area contributed by atoms with Crippen LogP contribution >= 0.6 is 46.6 Å². The molecular weight excluding hydrogens is 375 g/mol. The first-order chi connectivity index (χ1) is 11.0. The molecule has 1 aliphatic rings. The number of nitrogens with zero attached hydrogens (tertiary/aromatic N) is 1. The molecule has 0 unspecified atom stereocenters. The second kappa shape index (κ2) is 6.97. The van der Waals surface area contributed by atoms with Crippen LogP contribution in [-0.4, -0.2) is 11.1 Å². The zero-order valence-corrected chi connectivity index (χ0v) is 14.6. The molecule has 3 nitrogen and oxygen atoms in total. The Hall–Kier alpha value is -1.46. The van der Waals surface area contributed by atoms with Gasteiger partial charge in [-0.1, -0.05) is 53.0 Å². The maximum absolute atomic E-state index is 12.0. The van der Waals surface area contributed by atoms with Gasteiger partial charge in [0.25, 0.3) is 5.91 Å². The van der Waals surface area contributed by atoms with Gasteiger partial charge in [0.15, 0.2) is 5.17 Å². The van der Waals surface area contributed by atoms with Gasteiger partial charge < -0.3 is 5.32 Å². The first-order valence-corrected chi connectivity index (χ1v) is 8.47. The molecule has 1 heterocycles. The maximum atomic E-state index is 12.0. The lowest BCUT2D eigenvalue weighted by Crippen LogP contribution is -2.19. The summed E-state index contributed by atoms with van der Waals surface area (Å²) in [5.41, 5.74) is 1.39. The van der Waals surface area contributed by atoms with Crippen LogP contribution in [0.1, 0.15) is 5.56 Å². The molecule has 1 fully saturated rings. The average Bonchev–Trinajstić information content (AvgIpc) is 2.86. The molecule has 0 aromatic heterocycles. The Morgan fingerprint density at radius 1 is 1.04 bits per heavy atom. The van der Waals surface area contributed by atoms with Crippen LogP contribution in [0.15, 0.2) is 52.4 Å². The van der Waals surface area contributed by atoms with Crippen molar-refractivity contribution in [1.29, 1.82) is 0 Å². The van der Waals surface area contributed by atoms with E-state index in [1.165, 1.54) is 11.8 Å². The molecule has 23 heavy (non-hydrogen) atoms. The van der Waals surface area contributed by atoms with E-state index in [4.69, 9.17) is 34.8 Å². The number of carbonyl (C=O) groups excluding carboxylic acids is 1. The van der Waals surface area contributed by atoms with Gasteiger partial charge >= 0.3 is 0 Å². The number of amidine groups is 1. The number of hydrogen-bond donors (Lipinski definition) is 1. The van der Waals surface area contributed by atoms with E-state index in [1.807, 2.05) is 12.1 Å². The first kappa shape index (κ1) is 16.4. The van der Waals surface area contributed by atoms with Crippen molar-refractivity contribution in [2.24, 2.45) is 4.99 Å². The molecule has 1 saturated heterocycles. The van der Waals surface area contributed by atoms with Crippen LogP contribution in [0.25, 0.3) is 6.08 Å². The summed E-state index contributed by atoms with van der Waals surface area (Å²) < 4.78 is 0. The number of amides is 1. The lowest BCUT2D eigenvalue weighted by Gasteiger charge is -2.00. The summed E-state index contributed by atoms with van der Waals surface area (Å²) in [6.45, 7) is 0. The number of halogens is 3. The number of carbonyl (C=O) groups is 1. The van der Waals surface area contributed by atoms with E-state index in [0.717, 1.165) is 5.56 Å². The minimum Gasteiger partial charge on any atom is -0.300 e. The highest BCUT2D eigenvalue weighted by Gasteiger charge is 2.24. The Morgan fingerprint density at radius 2 is 1.78 bits per heavy atom. The van der Waals surface area contributed by atoms with E-state index in [9.17, 15) is 4.79 Å². The first-order valence-electron chi connectivity index (χ1n) is 6.52. The number of aliphatic imine (C=N–C) groups is 1. The molecule has 0 atom stereocenters. The highest BCUT2D eigenvalue weighted by molar-refractivity contribution is 8.18. The van der Waals surface area contributed by atoms with Crippen LogP contribution in [0.5, 0.6) is 0 Å². The van der Waals surface area contributed by atoms with Crippen molar-refractivity contribution >= 4 is 69.4 Å². The van der Waals surface area contributed by atoms with Crippen molar-refractivity contribution in [3.8, 4) is 0 Å². The van der Waals surface area contributed by atoms with E-state index in [-0.39, 0.29) is 5.91 Å². The van der Waals surface area contributed by atoms with Crippen molar-refractivity contribution in [2.45, 2.75) is 0 Å². The average molecular weight is 384 g/mol. The molecule has 7 heteroatoms. The van der Waals surface area contributed by atoms with Gasteiger partial charge in [0.1, 0.15) is 0 Å². The SMILES string of the molecule is O=C1NC(=Nc2cccc(Cl)c2Cl)SC1=Cc1ccc(Cl)cc1. The van der Waals surface area contributed by atoms with Gasteiger partial charge in [-0.05, 0) is 47.7 Å². The smallest absolute Gasteiger partial charge is 0.264 e. The Labute approximate surface area is 152 Å². The summed E-state index contributed by atoms with van der Waals surface area (Å²) in [5.74, 6) is -0.207. The van der Waals surface area contributed by atoms with Gasteiger partial charge in [-0.25, -0.2) is 4.99 Å². The van der Waals surface area contributed by atoms with Gasteiger partial charge in [-0.15, -0.1) is 0 Å². The number of thioether (sulfide) groups is 1. The van der Waals surface area contributed by atoms with Crippen LogP contribution < -0.4 is 5.32 Å². The fraction of sp³-hybridized carbons (Fsp3) is 0. The lowest BCUT2D eigenvalue weighted by atomic mass is 10.2. The van der Waals surface area contributed by atoms with E-state index in [1.54, 1.807) is 36.4 Å². The quantitative estimate of drug-likeness (QED) is 0.692. The van der Waals surface area contributed by atoms with Crippen molar-refractivity contribution < 1.29 is 4.79 Å². The highest BCUT2D eigenvalue weighted by atomic mass is 35.5. The molecule has 2 aromatic rings. The number of hydrogen-bond acceptors (Lipinski definition) is 3. The topological polar surface area (TPSA) is 41.5 Å². The van der Waals surface area contributed by atoms with Gasteiger partial charge in [-0.2, -0.15) is 0 Å². The summed E-state index contributed by atoms with van der Waals surface area (Å²) in [4.78, 5) is 16.9. The van der Waals surface area contributed by atoms with Gasteiger partial charge in [0, 0.05) is 5.02 Å². The maximum Gasteiger partial charge on any atom is 0.264 e. The Morgan fingerprint density at radius 3 is 2.52 bits per heavy atom. The molecule has 3 rings (SSSR count). The molecule has 0 bridgehead atoms. The monoisotopic (exact) mass is 382 g/mol. The van der Waals surface area contributed by atoms with E-state index in [0.29, 0.717) is 30.8 Å². The number of benzene rings is 2. The van der Waals surface area contributed by atoms with Crippen LogP contribution in [0.2, 0.25) is 15.1 Å². The lowest BCUT2D eigenvalue weighted by molar-refractivity contribution is -0.115. The van der Waals surface area contributed by atoms with Gasteiger partial charge in [-0.3, -0.25) is 4.79 Å². The standard InChI is InChI=1S/C16H9Cl3N2OS/c17-10-6-4-9(5-7-10)8-13-15(22)21-16(23-13)20-12-3-1-2-11(18)14(12)19/h1-8H,(H,20,21,22). The fourth-order valence-electron chi connectivity index (χ4n) is 1.88. The second-order valence-electron chi connectivity index (χ2n) is 4.61. The van der Waals surface area contributed by atoms with E-state index < -0.39 is 0 Å². The summed E-state index contributed by atoms with van der Waals surface area (Å²) in [7, 11) is 0. The molecule has 1 aliphatic heterocycles. The number of rotatable bonds is 2. The molecule has 0 saturated carbocycles. The molecule has 0 aliphatic carbocycles. The molecule has 116 valence electrons. The van der Waals surface area contributed by atoms with Crippen LogP contribution in [0.4, 0.5) is 5.69 Å². The zero-order chi connectivity index (χ0) is 16.4.